The van der Waals surface area contributed by atoms with Gasteiger partial charge in [-0.3, -0.25) is 14.5 Å². The maximum Gasteiger partial charge on any atom is 0.246 e. The molecule has 3 heterocycles. The Morgan fingerprint density at radius 1 is 1.09 bits per heavy atom. The number of anilines is 1. The Hall–Kier alpha value is -3.69. The molecular weight excluding hydrogens is 567 g/mol. The number of allylic oxidation sites excluding steroid dienone is 2. The van der Waals surface area contributed by atoms with Crippen molar-refractivity contribution in [3.63, 3.8) is 0 Å². The van der Waals surface area contributed by atoms with Gasteiger partial charge in [0.2, 0.25) is 11.8 Å². The highest BCUT2D eigenvalue weighted by molar-refractivity contribution is 6.30. The summed E-state index contributed by atoms with van der Waals surface area (Å²) in [4.78, 5) is 39.8. The summed E-state index contributed by atoms with van der Waals surface area (Å²) in [5, 5.41) is 0.330. The number of amidine groups is 1. The van der Waals surface area contributed by atoms with Crippen molar-refractivity contribution in [1.82, 2.24) is 19.6 Å². The van der Waals surface area contributed by atoms with E-state index in [4.69, 9.17) is 16.6 Å². The second kappa shape index (κ2) is 13.3. The highest BCUT2D eigenvalue weighted by Gasteiger charge is 2.35. The van der Waals surface area contributed by atoms with Crippen molar-refractivity contribution in [3.05, 3.63) is 82.3 Å². The van der Waals surface area contributed by atoms with Gasteiger partial charge in [0.05, 0.1) is 17.9 Å². The Balaban J connectivity index is 1.34. The molecule has 43 heavy (non-hydrogen) atoms. The van der Waals surface area contributed by atoms with Crippen LogP contribution in [0.25, 0.3) is 5.70 Å². The Morgan fingerprint density at radius 2 is 1.79 bits per heavy atom. The topological polar surface area (TPSA) is 62.7 Å². The van der Waals surface area contributed by atoms with E-state index in [1.807, 2.05) is 22.8 Å². The van der Waals surface area contributed by atoms with Crippen molar-refractivity contribution >= 4 is 40.6 Å². The van der Waals surface area contributed by atoms with Gasteiger partial charge in [0.15, 0.2) is 5.84 Å². The monoisotopic (exact) mass is 606 g/mol. The molecular formula is C33H40ClFN6O2. The summed E-state index contributed by atoms with van der Waals surface area (Å²) in [6.45, 7) is 11.4. The molecule has 2 aromatic rings. The Morgan fingerprint density at radius 3 is 2.40 bits per heavy atom. The predicted molar refractivity (Wildman–Crippen MR) is 170 cm³/mol. The molecule has 3 saturated heterocycles. The van der Waals surface area contributed by atoms with E-state index < -0.39 is 5.82 Å². The molecule has 3 aliphatic heterocycles. The first kappa shape index (κ1) is 30.8. The lowest BCUT2D eigenvalue weighted by atomic mass is 10.1. The van der Waals surface area contributed by atoms with E-state index >= 15 is 0 Å². The fourth-order valence-corrected chi connectivity index (χ4v) is 6.05. The number of hydrogen-bond donors (Lipinski definition) is 0. The van der Waals surface area contributed by atoms with Gasteiger partial charge < -0.3 is 19.6 Å². The highest BCUT2D eigenvalue weighted by Crippen LogP contribution is 2.28. The number of aliphatic imine (C=N–C) groups is 1. The Bertz CT molecular complexity index is 1440. The molecule has 0 saturated carbocycles. The Kier molecular flexibility index (Phi) is 9.52. The number of rotatable bonds is 7. The molecule has 0 N–H and O–H groups in total. The van der Waals surface area contributed by atoms with Crippen molar-refractivity contribution in [2.75, 3.05) is 57.8 Å². The van der Waals surface area contributed by atoms with Crippen molar-refractivity contribution < 1.29 is 14.0 Å². The summed E-state index contributed by atoms with van der Waals surface area (Å²) < 4.78 is 14.8. The number of amides is 2. The normalized spacial score (nSPS) is 20.8. The Labute approximate surface area is 258 Å². The molecule has 0 spiro atoms. The van der Waals surface area contributed by atoms with Crippen LogP contribution in [0, 0.1) is 5.82 Å². The van der Waals surface area contributed by atoms with Crippen LogP contribution in [0.3, 0.4) is 0 Å². The molecule has 0 aliphatic carbocycles. The number of benzene rings is 2. The average molecular weight is 607 g/mol. The first-order chi connectivity index (χ1) is 20.7. The highest BCUT2D eigenvalue weighted by atomic mass is 35.5. The summed E-state index contributed by atoms with van der Waals surface area (Å²) in [5.41, 5.74) is 4.08. The maximum absolute atomic E-state index is 14.8. The summed E-state index contributed by atoms with van der Waals surface area (Å²) in [6, 6.07) is 13.6. The minimum atomic E-state index is -0.410. The molecule has 0 radical (unpaired) electrons. The van der Waals surface area contributed by atoms with Gasteiger partial charge in [0, 0.05) is 87.7 Å². The van der Waals surface area contributed by atoms with Crippen molar-refractivity contribution in [3.8, 4) is 0 Å². The molecule has 2 amide bonds. The van der Waals surface area contributed by atoms with E-state index in [1.54, 1.807) is 31.0 Å². The van der Waals surface area contributed by atoms with E-state index in [-0.39, 0.29) is 24.9 Å². The van der Waals surface area contributed by atoms with E-state index in [0.29, 0.717) is 28.2 Å². The minimum Gasteiger partial charge on any atom is -0.369 e. The lowest BCUT2D eigenvalue weighted by Gasteiger charge is -2.48. The zero-order valence-electron chi connectivity index (χ0n) is 25.4. The molecule has 228 valence electrons. The van der Waals surface area contributed by atoms with Crippen LogP contribution in [0.5, 0.6) is 0 Å². The first-order valence-corrected chi connectivity index (χ1v) is 15.3. The molecule has 5 rings (SSSR count). The minimum absolute atomic E-state index is 0.0830. The second-order valence-electron chi connectivity index (χ2n) is 11.3. The molecule has 8 nitrogen and oxygen atoms in total. The lowest BCUT2D eigenvalue weighted by molar-refractivity contribution is -0.136. The van der Waals surface area contributed by atoms with Crippen molar-refractivity contribution in [2.45, 2.75) is 39.8 Å². The zero-order chi connectivity index (χ0) is 30.7. The maximum atomic E-state index is 14.8. The smallest absolute Gasteiger partial charge is 0.246 e. The molecule has 2 aromatic carbocycles. The molecule has 0 aromatic heterocycles. The van der Waals surface area contributed by atoms with Crippen LogP contribution in [0.4, 0.5) is 10.1 Å². The number of nitrogens with zero attached hydrogens (tertiary/aromatic N) is 6. The second-order valence-corrected chi connectivity index (χ2v) is 11.7. The first-order valence-electron chi connectivity index (χ1n) is 14.9. The quantitative estimate of drug-likeness (QED) is 0.451. The number of piperazine rings is 2. The van der Waals surface area contributed by atoms with Gasteiger partial charge in [-0.2, -0.15) is 0 Å². The van der Waals surface area contributed by atoms with Crippen LogP contribution in [0.2, 0.25) is 5.02 Å². The van der Waals surface area contributed by atoms with Crippen LogP contribution < -0.4 is 4.90 Å². The number of carbonyl (C=O) groups is 2. The number of likely N-dealkylation sites (tertiary alicyclic amines) is 1. The zero-order valence-corrected chi connectivity index (χ0v) is 26.1. The van der Waals surface area contributed by atoms with Gasteiger partial charge in [-0.25, -0.2) is 9.38 Å². The van der Waals surface area contributed by atoms with E-state index in [1.165, 1.54) is 11.8 Å². The molecule has 0 atom stereocenters. The molecule has 0 bridgehead atoms. The summed E-state index contributed by atoms with van der Waals surface area (Å²) in [7, 11) is 1.75. The van der Waals surface area contributed by atoms with Crippen molar-refractivity contribution in [1.29, 1.82) is 0 Å². The fourth-order valence-electron chi connectivity index (χ4n) is 5.89. The largest absolute Gasteiger partial charge is 0.369 e. The van der Waals surface area contributed by atoms with Crippen LogP contribution in [-0.2, 0) is 16.1 Å². The summed E-state index contributed by atoms with van der Waals surface area (Å²) in [5.74, 6) is 0.288. The van der Waals surface area contributed by atoms with E-state index in [2.05, 4.69) is 47.1 Å². The van der Waals surface area contributed by atoms with Crippen LogP contribution >= 0.6 is 11.6 Å². The van der Waals surface area contributed by atoms with Gasteiger partial charge in [-0.15, -0.1) is 0 Å². The van der Waals surface area contributed by atoms with Crippen LogP contribution in [-0.4, -0.2) is 96.2 Å². The summed E-state index contributed by atoms with van der Waals surface area (Å²) >= 11 is 5.98. The van der Waals surface area contributed by atoms with Gasteiger partial charge in [0.25, 0.3) is 0 Å². The van der Waals surface area contributed by atoms with E-state index in [0.717, 1.165) is 56.9 Å². The SMILES string of the molecule is C\C=C1/C(=N/C(=C/CC)c2ccc(N3CCN(C4CN(C(C)=O)C4)CC3)cc2)N(Cc2ccc(Cl)cc2F)CC(=O)N1C. The molecule has 3 fully saturated rings. The standard InChI is InChI=1S/C33H40ClFN6O2/c1-5-7-30(24-9-12-27(13-10-24)38-14-16-39(17-15-38)28-20-40(21-28)23(3)42)36-33-31(6-2)37(4)32(43)22-41(33)19-25-8-11-26(34)18-29(25)35/h6-13,18,28H,5,14-17,19-22H2,1-4H3/b30-7+,31-6+,36-33-. The van der Waals surface area contributed by atoms with Crippen LogP contribution in [0.1, 0.15) is 38.3 Å². The third kappa shape index (κ3) is 6.78. The van der Waals surface area contributed by atoms with Crippen LogP contribution in [0.15, 0.2) is 65.3 Å². The van der Waals surface area contributed by atoms with Gasteiger partial charge in [-0.05, 0) is 37.6 Å². The average Bonchev–Trinajstić information content (AvgIpc) is 2.96. The van der Waals surface area contributed by atoms with E-state index in [9.17, 15) is 14.0 Å². The molecule has 3 aliphatic rings. The molecule has 10 heteroatoms. The number of halogens is 2. The lowest BCUT2D eigenvalue weighted by Crippen LogP contribution is -2.63. The molecule has 0 unspecified atom stereocenters. The predicted octanol–water partition coefficient (Wildman–Crippen LogP) is 4.86. The number of carbonyl (C=O) groups excluding carboxylic acids is 2. The van der Waals surface area contributed by atoms with Gasteiger partial charge in [-0.1, -0.05) is 48.9 Å². The third-order valence-corrected chi connectivity index (χ3v) is 8.77. The van der Waals surface area contributed by atoms with Crippen molar-refractivity contribution in [2.24, 2.45) is 4.99 Å². The summed E-state index contributed by atoms with van der Waals surface area (Å²) in [6.07, 6.45) is 4.73. The fraction of sp³-hybridized carbons (Fsp3) is 0.424. The van der Waals surface area contributed by atoms with Gasteiger partial charge >= 0.3 is 0 Å². The third-order valence-electron chi connectivity index (χ3n) is 8.53. The number of likely N-dealkylation sites (N-methyl/N-ethyl adjacent to an activating group) is 1. The van der Waals surface area contributed by atoms with Gasteiger partial charge in [0.1, 0.15) is 5.82 Å². The number of hydrogen-bond acceptors (Lipinski definition) is 5.